The molecule has 0 aliphatic carbocycles. The predicted molar refractivity (Wildman–Crippen MR) is 50.6 cm³/mol. The van der Waals surface area contributed by atoms with E-state index in [-0.39, 0.29) is 25.4 Å². The van der Waals surface area contributed by atoms with Gasteiger partial charge in [-0.2, -0.15) is 0 Å². The van der Waals surface area contributed by atoms with Crippen molar-refractivity contribution >= 4 is 11.9 Å². The molecule has 0 aromatic rings. The molecule has 0 saturated carbocycles. The van der Waals surface area contributed by atoms with Crippen molar-refractivity contribution in [2.24, 2.45) is 0 Å². The lowest BCUT2D eigenvalue weighted by molar-refractivity contribution is -0.153. The second-order valence-electron chi connectivity index (χ2n) is 3.86. The zero-order valence-corrected chi connectivity index (χ0v) is 9.17. The van der Waals surface area contributed by atoms with E-state index in [4.69, 9.17) is 18.9 Å². The van der Waals surface area contributed by atoms with Crippen LogP contribution in [0.1, 0.15) is 13.8 Å². The fourth-order valence-electron chi connectivity index (χ4n) is 1.31. The maximum atomic E-state index is 11.1. The van der Waals surface area contributed by atoms with Crippen molar-refractivity contribution in [3.63, 3.8) is 0 Å². The van der Waals surface area contributed by atoms with Crippen LogP contribution in [-0.4, -0.2) is 49.6 Å². The average Bonchev–Trinajstić information content (AvgIpc) is 3.11. The number of hydrogen-bond acceptors (Lipinski definition) is 6. The summed E-state index contributed by atoms with van der Waals surface area (Å²) < 4.78 is 19.5. The van der Waals surface area contributed by atoms with E-state index in [1.54, 1.807) is 13.8 Å². The Balaban J connectivity index is 1.52. The number of hydrogen-bond donors (Lipinski definition) is 0. The summed E-state index contributed by atoms with van der Waals surface area (Å²) >= 11 is 0. The Kier molecular flexibility index (Phi) is 3.11. The number of rotatable bonds is 5. The standard InChI is InChI=1S/C10H14O6/c1-5-7(15-5)9(11)13-3-4-14-10(12)8-6(2)16-8/h5-8H,3-4H2,1-2H3/t5-,6+,7-,8-/m0/s1. The molecule has 16 heavy (non-hydrogen) atoms. The molecule has 0 aromatic heterocycles. The van der Waals surface area contributed by atoms with Crippen molar-refractivity contribution in [2.75, 3.05) is 13.2 Å². The third kappa shape index (κ3) is 2.70. The highest BCUT2D eigenvalue weighted by Crippen LogP contribution is 2.23. The number of epoxide rings is 2. The van der Waals surface area contributed by atoms with E-state index in [1.807, 2.05) is 0 Å². The molecule has 6 nitrogen and oxygen atoms in total. The van der Waals surface area contributed by atoms with Gasteiger partial charge >= 0.3 is 11.9 Å². The van der Waals surface area contributed by atoms with Crippen LogP contribution in [0.4, 0.5) is 0 Å². The minimum atomic E-state index is -0.442. The molecule has 0 radical (unpaired) electrons. The van der Waals surface area contributed by atoms with Gasteiger partial charge in [-0.15, -0.1) is 0 Å². The lowest BCUT2D eigenvalue weighted by atomic mass is 10.3. The summed E-state index contributed by atoms with van der Waals surface area (Å²) in [5, 5.41) is 0. The van der Waals surface area contributed by atoms with Gasteiger partial charge < -0.3 is 18.9 Å². The maximum absolute atomic E-state index is 11.1. The minimum Gasteiger partial charge on any atom is -0.460 e. The molecule has 0 aromatic carbocycles. The predicted octanol–water partition coefficient (Wildman–Crippen LogP) is -0.353. The van der Waals surface area contributed by atoms with Crippen LogP contribution in [-0.2, 0) is 28.5 Å². The van der Waals surface area contributed by atoms with Crippen LogP contribution in [0.25, 0.3) is 0 Å². The second-order valence-corrected chi connectivity index (χ2v) is 3.86. The van der Waals surface area contributed by atoms with E-state index in [0.29, 0.717) is 0 Å². The summed E-state index contributed by atoms with van der Waals surface area (Å²) in [4.78, 5) is 22.3. The van der Waals surface area contributed by atoms with Gasteiger partial charge in [-0.05, 0) is 13.8 Å². The Morgan fingerprint density at radius 1 is 0.938 bits per heavy atom. The number of carbonyl (C=O) groups excluding carboxylic acids is 2. The smallest absolute Gasteiger partial charge is 0.338 e. The summed E-state index contributed by atoms with van der Waals surface area (Å²) in [6, 6.07) is 0. The highest BCUT2D eigenvalue weighted by atomic mass is 16.7. The lowest BCUT2D eigenvalue weighted by Crippen LogP contribution is -2.20. The molecule has 0 unspecified atom stereocenters. The highest BCUT2D eigenvalue weighted by molar-refractivity contribution is 5.78. The normalized spacial score (nSPS) is 35.4. The topological polar surface area (TPSA) is 77.7 Å². The fraction of sp³-hybridized carbons (Fsp3) is 0.800. The van der Waals surface area contributed by atoms with E-state index in [0.717, 1.165) is 0 Å². The van der Waals surface area contributed by atoms with E-state index in [9.17, 15) is 9.59 Å². The van der Waals surface area contributed by atoms with Crippen LogP contribution in [0.5, 0.6) is 0 Å². The molecule has 4 atom stereocenters. The van der Waals surface area contributed by atoms with Crippen molar-refractivity contribution in [3.8, 4) is 0 Å². The molecule has 2 saturated heterocycles. The molecule has 6 heteroatoms. The van der Waals surface area contributed by atoms with Crippen LogP contribution in [0.2, 0.25) is 0 Å². The summed E-state index contributed by atoms with van der Waals surface area (Å²) in [7, 11) is 0. The molecule has 0 bridgehead atoms. The Hall–Kier alpha value is -1.14. The van der Waals surface area contributed by atoms with Crippen LogP contribution >= 0.6 is 0 Å². The van der Waals surface area contributed by atoms with Gasteiger partial charge in [0.15, 0.2) is 12.2 Å². The third-order valence-electron chi connectivity index (χ3n) is 2.46. The zero-order chi connectivity index (χ0) is 11.7. The van der Waals surface area contributed by atoms with Crippen LogP contribution in [0, 0.1) is 0 Å². The van der Waals surface area contributed by atoms with Gasteiger partial charge in [0, 0.05) is 0 Å². The molecular formula is C10H14O6. The molecule has 0 spiro atoms. The molecule has 2 fully saturated rings. The van der Waals surface area contributed by atoms with E-state index in [2.05, 4.69) is 0 Å². The largest absolute Gasteiger partial charge is 0.460 e. The first kappa shape index (κ1) is 11.3. The van der Waals surface area contributed by atoms with Gasteiger partial charge in [-0.1, -0.05) is 0 Å². The van der Waals surface area contributed by atoms with Gasteiger partial charge in [0.1, 0.15) is 13.2 Å². The molecule has 0 N–H and O–H groups in total. The first-order chi connectivity index (χ1) is 7.59. The summed E-state index contributed by atoms with van der Waals surface area (Å²) in [6.07, 6.45) is -1.00. The molecule has 2 heterocycles. The quantitative estimate of drug-likeness (QED) is 0.365. The molecule has 90 valence electrons. The second kappa shape index (κ2) is 4.39. The van der Waals surface area contributed by atoms with Gasteiger partial charge in [0.05, 0.1) is 12.2 Å². The lowest BCUT2D eigenvalue weighted by Gasteiger charge is -2.03. The highest BCUT2D eigenvalue weighted by Gasteiger charge is 2.43. The molecule has 2 rings (SSSR count). The maximum Gasteiger partial charge on any atom is 0.338 e. The molecular weight excluding hydrogens is 216 g/mol. The Morgan fingerprint density at radius 3 is 1.50 bits per heavy atom. The van der Waals surface area contributed by atoms with E-state index >= 15 is 0 Å². The molecule has 2 aliphatic heterocycles. The number of ether oxygens (including phenoxy) is 4. The third-order valence-corrected chi connectivity index (χ3v) is 2.46. The number of carbonyl (C=O) groups is 2. The fourth-order valence-corrected chi connectivity index (χ4v) is 1.31. The Bertz CT molecular complexity index is 272. The summed E-state index contributed by atoms with van der Waals surface area (Å²) in [6.45, 7) is 3.69. The van der Waals surface area contributed by atoms with Gasteiger partial charge in [-0.3, -0.25) is 0 Å². The number of esters is 2. The average molecular weight is 230 g/mol. The van der Waals surface area contributed by atoms with E-state index < -0.39 is 24.1 Å². The minimum absolute atomic E-state index is 0.0538. The first-order valence-electron chi connectivity index (χ1n) is 5.24. The van der Waals surface area contributed by atoms with Crippen LogP contribution < -0.4 is 0 Å². The van der Waals surface area contributed by atoms with Gasteiger partial charge in [0.25, 0.3) is 0 Å². The van der Waals surface area contributed by atoms with Crippen molar-refractivity contribution in [2.45, 2.75) is 38.3 Å². The van der Waals surface area contributed by atoms with Crippen molar-refractivity contribution in [3.05, 3.63) is 0 Å². The molecule has 0 amide bonds. The van der Waals surface area contributed by atoms with Crippen LogP contribution in [0.3, 0.4) is 0 Å². The Morgan fingerprint density at radius 2 is 1.25 bits per heavy atom. The Labute approximate surface area is 92.8 Å². The van der Waals surface area contributed by atoms with Crippen molar-refractivity contribution < 1.29 is 28.5 Å². The van der Waals surface area contributed by atoms with Gasteiger partial charge in [0.2, 0.25) is 0 Å². The van der Waals surface area contributed by atoms with Crippen molar-refractivity contribution in [1.29, 1.82) is 0 Å². The summed E-state index contributed by atoms with van der Waals surface area (Å²) in [5.41, 5.74) is 0. The van der Waals surface area contributed by atoms with Crippen molar-refractivity contribution in [1.82, 2.24) is 0 Å². The summed E-state index contributed by atoms with van der Waals surface area (Å²) in [5.74, 6) is -0.806. The monoisotopic (exact) mass is 230 g/mol. The molecule has 2 aliphatic rings. The first-order valence-corrected chi connectivity index (χ1v) is 5.24. The zero-order valence-electron chi connectivity index (χ0n) is 9.17. The van der Waals surface area contributed by atoms with Gasteiger partial charge in [-0.25, -0.2) is 9.59 Å². The SMILES string of the molecule is C[C@@H]1O[C@@H]1C(=O)OCCOC(=O)[C@H]1O[C@@H]1C. The van der Waals surface area contributed by atoms with E-state index in [1.165, 1.54) is 0 Å². The van der Waals surface area contributed by atoms with Crippen LogP contribution in [0.15, 0.2) is 0 Å².